The molecule has 0 aliphatic rings. The summed E-state index contributed by atoms with van der Waals surface area (Å²) in [5.74, 6) is 1.90. The molecule has 0 radical (unpaired) electrons. The van der Waals surface area contributed by atoms with Crippen LogP contribution in [0.15, 0.2) is 24.3 Å². The van der Waals surface area contributed by atoms with Gasteiger partial charge in [0.2, 0.25) is 0 Å². The molecule has 1 unspecified atom stereocenters. The van der Waals surface area contributed by atoms with E-state index in [2.05, 4.69) is 12.2 Å². The number of nitrogens with one attached hydrogen (secondary N) is 1. The topological polar surface area (TPSA) is 32.3 Å². The molecule has 2 nitrogen and oxygen atoms in total. The van der Waals surface area contributed by atoms with E-state index in [0.717, 1.165) is 36.5 Å². The van der Waals surface area contributed by atoms with Gasteiger partial charge in [-0.25, -0.2) is 4.39 Å². The average molecular weight is 271 g/mol. The van der Waals surface area contributed by atoms with Crippen LogP contribution >= 0.6 is 11.8 Å². The summed E-state index contributed by atoms with van der Waals surface area (Å²) in [6.07, 6.45) is 1.79. The summed E-state index contributed by atoms with van der Waals surface area (Å²) in [4.78, 5) is 0. The minimum Gasteiger partial charge on any atom is -0.396 e. The monoisotopic (exact) mass is 271 g/mol. The lowest BCUT2D eigenvalue weighted by molar-refractivity contribution is 0.296. The number of rotatable bonds is 9. The van der Waals surface area contributed by atoms with Crippen LogP contribution in [0.4, 0.5) is 4.39 Å². The number of halogens is 1. The van der Waals surface area contributed by atoms with Gasteiger partial charge in [0, 0.05) is 24.9 Å². The number of hydrogen-bond acceptors (Lipinski definition) is 3. The Morgan fingerprint density at radius 1 is 1.28 bits per heavy atom. The minimum atomic E-state index is -0.181. The molecular weight excluding hydrogens is 249 g/mol. The molecule has 0 aliphatic carbocycles. The van der Waals surface area contributed by atoms with Crippen molar-refractivity contribution in [3.05, 3.63) is 35.6 Å². The Kier molecular flexibility index (Phi) is 8.05. The van der Waals surface area contributed by atoms with E-state index in [4.69, 9.17) is 5.11 Å². The molecule has 18 heavy (non-hydrogen) atoms. The largest absolute Gasteiger partial charge is 0.396 e. The molecule has 0 spiro atoms. The second-order valence-corrected chi connectivity index (χ2v) is 5.60. The van der Waals surface area contributed by atoms with Gasteiger partial charge >= 0.3 is 0 Å². The fraction of sp³-hybridized carbons (Fsp3) is 0.571. The zero-order chi connectivity index (χ0) is 13.2. The first-order valence-electron chi connectivity index (χ1n) is 6.39. The number of aliphatic hydroxyl groups excluding tert-OH is 1. The smallest absolute Gasteiger partial charge is 0.123 e. The molecule has 0 aliphatic heterocycles. The highest BCUT2D eigenvalue weighted by molar-refractivity contribution is 7.99. The fourth-order valence-electron chi connectivity index (χ4n) is 1.69. The third-order valence-corrected chi connectivity index (χ3v) is 3.71. The molecule has 102 valence electrons. The van der Waals surface area contributed by atoms with Crippen molar-refractivity contribution < 1.29 is 9.50 Å². The minimum absolute atomic E-state index is 0.181. The van der Waals surface area contributed by atoms with E-state index in [0.29, 0.717) is 6.04 Å². The van der Waals surface area contributed by atoms with Crippen molar-refractivity contribution in [1.29, 1.82) is 0 Å². The standard InChI is InChI=1S/C14H22FNOS/c1-12(16-7-10-18-9-2-8-17)11-13-3-5-14(15)6-4-13/h3-6,12,16-17H,2,7-11H2,1H3. The van der Waals surface area contributed by atoms with Crippen LogP contribution < -0.4 is 5.32 Å². The predicted octanol–water partition coefficient (Wildman–Crippen LogP) is 2.46. The van der Waals surface area contributed by atoms with Gasteiger partial charge in [-0.3, -0.25) is 0 Å². The van der Waals surface area contributed by atoms with Crippen molar-refractivity contribution in [2.75, 3.05) is 24.7 Å². The third-order valence-electron chi connectivity index (χ3n) is 2.64. The highest BCUT2D eigenvalue weighted by Gasteiger charge is 2.02. The van der Waals surface area contributed by atoms with Gasteiger partial charge in [0.05, 0.1) is 0 Å². The van der Waals surface area contributed by atoms with Crippen LogP contribution in [0.3, 0.4) is 0 Å². The van der Waals surface area contributed by atoms with Crippen LogP contribution in [-0.2, 0) is 6.42 Å². The Morgan fingerprint density at radius 2 is 2.00 bits per heavy atom. The lowest BCUT2D eigenvalue weighted by atomic mass is 10.1. The highest BCUT2D eigenvalue weighted by atomic mass is 32.2. The summed E-state index contributed by atoms with van der Waals surface area (Å²) >= 11 is 1.86. The molecule has 2 N–H and O–H groups in total. The normalized spacial score (nSPS) is 12.6. The van der Waals surface area contributed by atoms with E-state index >= 15 is 0 Å². The van der Waals surface area contributed by atoms with Crippen molar-refractivity contribution >= 4 is 11.8 Å². The van der Waals surface area contributed by atoms with E-state index < -0.39 is 0 Å². The van der Waals surface area contributed by atoms with Crippen LogP contribution in [0.25, 0.3) is 0 Å². The van der Waals surface area contributed by atoms with Gasteiger partial charge in [-0.1, -0.05) is 12.1 Å². The summed E-state index contributed by atoms with van der Waals surface area (Å²) in [7, 11) is 0. The molecule has 1 aromatic carbocycles. The lowest BCUT2D eigenvalue weighted by Gasteiger charge is -2.13. The molecule has 1 aromatic rings. The third kappa shape index (κ3) is 6.99. The van der Waals surface area contributed by atoms with Gasteiger partial charge in [-0.15, -0.1) is 0 Å². The van der Waals surface area contributed by atoms with Gasteiger partial charge in [0.1, 0.15) is 5.82 Å². The maximum atomic E-state index is 12.7. The first-order chi connectivity index (χ1) is 8.72. The Hall–Kier alpha value is -0.580. The predicted molar refractivity (Wildman–Crippen MR) is 76.6 cm³/mol. The maximum absolute atomic E-state index is 12.7. The van der Waals surface area contributed by atoms with E-state index in [1.165, 1.54) is 12.1 Å². The Balaban J connectivity index is 2.10. The summed E-state index contributed by atoms with van der Waals surface area (Å²) in [6.45, 7) is 3.39. The second kappa shape index (κ2) is 9.36. The van der Waals surface area contributed by atoms with Crippen LogP contribution in [-0.4, -0.2) is 35.8 Å². The molecule has 0 heterocycles. The Labute approximate surface area is 113 Å². The van der Waals surface area contributed by atoms with Crippen molar-refractivity contribution in [2.45, 2.75) is 25.8 Å². The molecule has 0 aromatic heterocycles. The highest BCUT2D eigenvalue weighted by Crippen LogP contribution is 2.06. The van der Waals surface area contributed by atoms with Crippen LogP contribution in [0, 0.1) is 5.82 Å². The van der Waals surface area contributed by atoms with E-state index in [1.807, 2.05) is 23.9 Å². The molecule has 0 amide bonds. The van der Waals surface area contributed by atoms with Crippen LogP contribution in [0.5, 0.6) is 0 Å². The molecule has 0 bridgehead atoms. The van der Waals surface area contributed by atoms with Crippen LogP contribution in [0.1, 0.15) is 18.9 Å². The van der Waals surface area contributed by atoms with E-state index in [9.17, 15) is 4.39 Å². The maximum Gasteiger partial charge on any atom is 0.123 e. The van der Waals surface area contributed by atoms with Gasteiger partial charge in [-0.2, -0.15) is 11.8 Å². The van der Waals surface area contributed by atoms with Gasteiger partial charge < -0.3 is 10.4 Å². The molecule has 0 saturated heterocycles. The van der Waals surface area contributed by atoms with Crippen molar-refractivity contribution in [3.8, 4) is 0 Å². The summed E-state index contributed by atoms with van der Waals surface area (Å²) < 4.78 is 12.7. The van der Waals surface area contributed by atoms with Crippen molar-refractivity contribution in [1.82, 2.24) is 5.32 Å². The molecule has 1 atom stereocenters. The van der Waals surface area contributed by atoms with E-state index in [1.54, 1.807) is 0 Å². The average Bonchev–Trinajstić information content (AvgIpc) is 2.36. The molecule has 1 rings (SSSR count). The van der Waals surface area contributed by atoms with E-state index in [-0.39, 0.29) is 12.4 Å². The quantitative estimate of drug-likeness (QED) is 0.677. The summed E-state index contributed by atoms with van der Waals surface area (Å²) in [5.41, 5.74) is 1.16. The van der Waals surface area contributed by atoms with Crippen molar-refractivity contribution in [2.24, 2.45) is 0 Å². The fourth-order valence-corrected chi connectivity index (χ4v) is 2.49. The zero-order valence-electron chi connectivity index (χ0n) is 10.9. The summed E-state index contributed by atoms with van der Waals surface area (Å²) in [5, 5.41) is 12.1. The Bertz CT molecular complexity index is 318. The summed E-state index contributed by atoms with van der Waals surface area (Å²) in [6, 6.07) is 7.08. The molecular formula is C14H22FNOS. The van der Waals surface area contributed by atoms with Gasteiger partial charge in [-0.05, 0) is 43.2 Å². The van der Waals surface area contributed by atoms with Crippen LogP contribution in [0.2, 0.25) is 0 Å². The number of thioether (sulfide) groups is 1. The number of aliphatic hydroxyl groups is 1. The second-order valence-electron chi connectivity index (χ2n) is 4.38. The van der Waals surface area contributed by atoms with Gasteiger partial charge in [0.15, 0.2) is 0 Å². The lowest BCUT2D eigenvalue weighted by Crippen LogP contribution is -2.30. The molecule has 4 heteroatoms. The number of benzene rings is 1. The van der Waals surface area contributed by atoms with Gasteiger partial charge in [0.25, 0.3) is 0 Å². The van der Waals surface area contributed by atoms with Crippen molar-refractivity contribution in [3.63, 3.8) is 0 Å². The molecule has 0 fully saturated rings. The first-order valence-corrected chi connectivity index (χ1v) is 7.54. The SMILES string of the molecule is CC(Cc1ccc(F)cc1)NCCSCCCO. The molecule has 0 saturated carbocycles. The number of hydrogen-bond donors (Lipinski definition) is 2. The Morgan fingerprint density at radius 3 is 2.67 bits per heavy atom. The first kappa shape index (κ1) is 15.5. The zero-order valence-corrected chi connectivity index (χ0v) is 11.7.